The van der Waals surface area contributed by atoms with Crippen LogP contribution in [0.25, 0.3) is 0 Å². The highest BCUT2D eigenvalue weighted by atomic mass is 32.2. The first kappa shape index (κ1) is 20.4. The molecule has 9 nitrogen and oxygen atoms in total. The summed E-state index contributed by atoms with van der Waals surface area (Å²) in [6.45, 7) is 6.28. The monoisotopic (exact) mass is 388 g/mol. The molecule has 0 spiro atoms. The zero-order valence-corrected chi connectivity index (χ0v) is 16.0. The van der Waals surface area contributed by atoms with E-state index < -0.39 is 16.0 Å². The highest BCUT2D eigenvalue weighted by Crippen LogP contribution is 2.29. The Bertz CT molecular complexity index is 777. The van der Waals surface area contributed by atoms with Crippen molar-refractivity contribution in [2.45, 2.75) is 32.1 Å². The quantitative estimate of drug-likeness (QED) is 0.688. The van der Waals surface area contributed by atoms with Crippen molar-refractivity contribution in [1.29, 1.82) is 0 Å². The molecule has 10 heteroatoms. The summed E-state index contributed by atoms with van der Waals surface area (Å²) >= 11 is 0. The van der Waals surface area contributed by atoms with Gasteiger partial charge in [0, 0.05) is 32.8 Å². The van der Waals surface area contributed by atoms with Gasteiger partial charge >= 0.3 is 5.97 Å². The van der Waals surface area contributed by atoms with E-state index in [1.54, 1.807) is 4.90 Å². The van der Waals surface area contributed by atoms with Gasteiger partial charge in [0.2, 0.25) is 15.9 Å². The molecular formula is C16H24N2O7S. The van der Waals surface area contributed by atoms with E-state index in [2.05, 4.69) is 0 Å². The van der Waals surface area contributed by atoms with Gasteiger partial charge in [-0.05, 0) is 20.8 Å². The average Bonchev–Trinajstić information content (AvgIpc) is 2.90. The lowest BCUT2D eigenvalue weighted by Gasteiger charge is -2.34. The highest BCUT2D eigenvalue weighted by molar-refractivity contribution is 7.89. The predicted octanol–water partition coefficient (Wildman–Crippen LogP) is 0.854. The number of aromatic carboxylic acids is 1. The fraction of sp³-hybridized carbons (Fsp3) is 0.625. The number of carbonyl (C=O) groups excluding carboxylic acids is 1. The van der Waals surface area contributed by atoms with Crippen LogP contribution in [0, 0.1) is 13.8 Å². The van der Waals surface area contributed by atoms with Crippen LogP contribution in [0.15, 0.2) is 9.31 Å². The minimum absolute atomic E-state index is 0.0510. The molecule has 1 N–H and O–H groups in total. The Labute approximate surface area is 152 Å². The van der Waals surface area contributed by atoms with Crippen LogP contribution >= 0.6 is 0 Å². The number of carbonyl (C=O) groups is 2. The molecule has 0 radical (unpaired) electrons. The Morgan fingerprint density at radius 2 is 1.77 bits per heavy atom. The second-order valence-corrected chi connectivity index (χ2v) is 7.83. The summed E-state index contributed by atoms with van der Waals surface area (Å²) in [5, 5.41) is 9.33. The second-order valence-electron chi connectivity index (χ2n) is 5.96. The van der Waals surface area contributed by atoms with E-state index in [-0.39, 0.29) is 60.5 Å². The summed E-state index contributed by atoms with van der Waals surface area (Å²) in [6, 6.07) is 0. The van der Waals surface area contributed by atoms with Crippen molar-refractivity contribution in [1.82, 2.24) is 9.21 Å². The molecule has 0 saturated carbocycles. The number of aryl methyl sites for hydroxylation is 2. The largest absolute Gasteiger partial charge is 0.478 e. The van der Waals surface area contributed by atoms with Crippen molar-refractivity contribution < 1.29 is 32.3 Å². The van der Waals surface area contributed by atoms with Crippen LogP contribution in [-0.4, -0.2) is 74.0 Å². The van der Waals surface area contributed by atoms with Gasteiger partial charge in [-0.3, -0.25) is 4.79 Å². The van der Waals surface area contributed by atoms with Crippen molar-refractivity contribution in [3.05, 3.63) is 17.1 Å². The Balaban J connectivity index is 2.12. The number of ether oxygens (including phenoxy) is 1. The van der Waals surface area contributed by atoms with Crippen LogP contribution in [0.3, 0.4) is 0 Å². The molecule has 0 aliphatic carbocycles. The van der Waals surface area contributed by atoms with Gasteiger partial charge in [-0.1, -0.05) is 0 Å². The normalized spacial score (nSPS) is 16.0. The molecule has 1 fully saturated rings. The summed E-state index contributed by atoms with van der Waals surface area (Å²) in [6.07, 6.45) is 0.254. The number of amides is 1. The molecule has 26 heavy (non-hydrogen) atoms. The summed E-state index contributed by atoms with van der Waals surface area (Å²) < 4.78 is 37.4. The molecule has 2 heterocycles. The third kappa shape index (κ3) is 4.08. The zero-order valence-electron chi connectivity index (χ0n) is 15.1. The summed E-state index contributed by atoms with van der Waals surface area (Å²) in [5.41, 5.74) is -0.335. The maximum atomic E-state index is 12.9. The molecule has 0 atom stereocenters. The third-order valence-corrected chi connectivity index (χ3v) is 6.33. The van der Waals surface area contributed by atoms with E-state index >= 15 is 0 Å². The van der Waals surface area contributed by atoms with Gasteiger partial charge in [-0.25, -0.2) is 13.2 Å². The number of rotatable bonds is 7. The molecule has 146 valence electrons. The lowest BCUT2D eigenvalue weighted by molar-refractivity contribution is -0.133. The van der Waals surface area contributed by atoms with Crippen LogP contribution in [0.1, 0.15) is 35.2 Å². The molecule has 1 aromatic rings. The maximum Gasteiger partial charge on any atom is 0.340 e. The highest BCUT2D eigenvalue weighted by Gasteiger charge is 2.37. The first-order valence-electron chi connectivity index (χ1n) is 8.39. The van der Waals surface area contributed by atoms with Gasteiger partial charge < -0.3 is 19.2 Å². The van der Waals surface area contributed by atoms with Gasteiger partial charge in [-0.15, -0.1) is 0 Å². The van der Waals surface area contributed by atoms with Gasteiger partial charge in [0.1, 0.15) is 22.0 Å². The Kier molecular flexibility index (Phi) is 6.43. The minimum Gasteiger partial charge on any atom is -0.478 e. The maximum absolute atomic E-state index is 12.9. The van der Waals surface area contributed by atoms with Crippen LogP contribution in [-0.2, 0) is 19.6 Å². The van der Waals surface area contributed by atoms with E-state index in [1.807, 2.05) is 6.92 Å². The zero-order chi connectivity index (χ0) is 19.5. The first-order chi connectivity index (χ1) is 12.2. The summed E-state index contributed by atoms with van der Waals surface area (Å²) in [7, 11) is -4.02. The Morgan fingerprint density at radius 1 is 1.15 bits per heavy atom. The SMILES string of the molecule is CCOCCC(=O)N1CCN(S(=O)(=O)c2c(C)oc(C)c2C(=O)O)CC1. The Hall–Kier alpha value is -1.91. The molecule has 0 aromatic carbocycles. The van der Waals surface area contributed by atoms with Gasteiger partial charge in [0.25, 0.3) is 0 Å². The Morgan fingerprint density at radius 3 is 2.31 bits per heavy atom. The number of carboxylic acid groups (broad SMARTS) is 1. The van der Waals surface area contributed by atoms with Crippen molar-refractivity contribution in [2.24, 2.45) is 0 Å². The number of sulfonamides is 1. The molecule has 0 unspecified atom stereocenters. The first-order valence-corrected chi connectivity index (χ1v) is 9.83. The number of carboxylic acids is 1. The van der Waals surface area contributed by atoms with Gasteiger partial charge in [0.05, 0.1) is 13.0 Å². The standard InChI is InChI=1S/C16H24N2O7S/c1-4-24-10-5-13(19)17-6-8-18(9-7-17)26(22,23)15-12(3)25-11(2)14(15)16(20)21/h4-10H2,1-3H3,(H,20,21). The lowest BCUT2D eigenvalue weighted by atomic mass is 10.2. The molecular weight excluding hydrogens is 364 g/mol. The predicted molar refractivity (Wildman–Crippen MR) is 91.6 cm³/mol. The third-order valence-electron chi connectivity index (χ3n) is 4.27. The molecule has 1 aliphatic heterocycles. The van der Waals surface area contributed by atoms with Crippen molar-refractivity contribution in [3.63, 3.8) is 0 Å². The minimum atomic E-state index is -4.02. The van der Waals surface area contributed by atoms with Crippen LogP contribution in [0.5, 0.6) is 0 Å². The number of piperazine rings is 1. The summed E-state index contributed by atoms with van der Waals surface area (Å²) in [5.74, 6) is -1.33. The fourth-order valence-electron chi connectivity index (χ4n) is 2.99. The van der Waals surface area contributed by atoms with E-state index in [1.165, 1.54) is 18.2 Å². The van der Waals surface area contributed by atoms with Crippen molar-refractivity contribution in [3.8, 4) is 0 Å². The molecule has 1 saturated heterocycles. The lowest BCUT2D eigenvalue weighted by Crippen LogP contribution is -2.50. The van der Waals surface area contributed by atoms with Gasteiger partial charge in [-0.2, -0.15) is 4.31 Å². The molecule has 1 aliphatic rings. The molecule has 0 bridgehead atoms. The van der Waals surface area contributed by atoms with E-state index in [0.29, 0.717) is 13.2 Å². The molecule has 1 aromatic heterocycles. The fourth-order valence-corrected chi connectivity index (χ4v) is 4.79. The van der Waals surface area contributed by atoms with Crippen LogP contribution in [0.2, 0.25) is 0 Å². The van der Waals surface area contributed by atoms with Crippen molar-refractivity contribution in [2.75, 3.05) is 39.4 Å². The van der Waals surface area contributed by atoms with Crippen molar-refractivity contribution >= 4 is 21.9 Å². The smallest absolute Gasteiger partial charge is 0.340 e. The number of hydrogen-bond acceptors (Lipinski definition) is 6. The number of furan rings is 1. The van der Waals surface area contributed by atoms with E-state index in [0.717, 1.165) is 0 Å². The van der Waals surface area contributed by atoms with Gasteiger partial charge in [0.15, 0.2) is 0 Å². The topological polar surface area (TPSA) is 117 Å². The van der Waals surface area contributed by atoms with E-state index in [9.17, 15) is 23.1 Å². The number of nitrogens with zero attached hydrogens (tertiary/aromatic N) is 2. The molecule has 1 amide bonds. The van der Waals surface area contributed by atoms with Crippen LogP contribution in [0.4, 0.5) is 0 Å². The summed E-state index contributed by atoms with van der Waals surface area (Å²) in [4.78, 5) is 24.8. The van der Waals surface area contributed by atoms with Crippen LogP contribution < -0.4 is 0 Å². The van der Waals surface area contributed by atoms with E-state index in [4.69, 9.17) is 9.15 Å². The second kappa shape index (κ2) is 8.19. The number of hydrogen-bond donors (Lipinski definition) is 1. The molecule has 2 rings (SSSR count). The average molecular weight is 388 g/mol.